The van der Waals surface area contributed by atoms with E-state index in [1.165, 1.54) is 18.0 Å². The number of aliphatic hydroxyl groups is 1. The zero-order chi connectivity index (χ0) is 17.2. The van der Waals surface area contributed by atoms with Crippen molar-refractivity contribution in [2.45, 2.75) is 43.8 Å². The molecule has 1 unspecified atom stereocenters. The van der Waals surface area contributed by atoms with Gasteiger partial charge in [-0.3, -0.25) is 9.59 Å². The molecule has 0 fully saturated rings. The van der Waals surface area contributed by atoms with Gasteiger partial charge in [0.1, 0.15) is 11.9 Å². The summed E-state index contributed by atoms with van der Waals surface area (Å²) in [6.45, 7) is 5.29. The lowest BCUT2D eigenvalue weighted by Gasteiger charge is -2.45. The van der Waals surface area contributed by atoms with Gasteiger partial charge in [-0.2, -0.15) is 0 Å². The van der Waals surface area contributed by atoms with Crippen LogP contribution in [0.25, 0.3) is 0 Å². The number of nitrogens with one attached hydrogen (secondary N) is 1. The molecule has 2 rings (SSSR count). The average molecular weight is 336 g/mol. The average Bonchev–Trinajstić information content (AvgIpc) is 2.54. The molecule has 0 spiro atoms. The number of carbonyl (C=O) groups is 2. The molecule has 0 aromatic carbocycles. The molecule has 0 saturated carbocycles. The quantitative estimate of drug-likeness (QED) is 0.452. The third-order valence-electron chi connectivity index (χ3n) is 3.84. The van der Waals surface area contributed by atoms with Crippen molar-refractivity contribution in [1.29, 1.82) is 0 Å². The third kappa shape index (κ3) is 3.35. The smallest absolute Gasteiger partial charge is 0.233 e. The van der Waals surface area contributed by atoms with Crippen LogP contribution >= 0.6 is 11.8 Å². The highest BCUT2D eigenvalue weighted by Gasteiger charge is 2.43. The Bertz CT molecular complexity index is 626. The lowest BCUT2D eigenvalue weighted by atomic mass is 9.89. The Labute approximate surface area is 140 Å². The maximum atomic E-state index is 12.4. The van der Waals surface area contributed by atoms with Crippen LogP contribution in [0, 0.1) is 0 Å². The van der Waals surface area contributed by atoms with Crippen LogP contribution in [0.2, 0.25) is 6.82 Å². The Morgan fingerprint density at radius 3 is 2.87 bits per heavy atom. The van der Waals surface area contributed by atoms with E-state index in [2.05, 4.69) is 15.2 Å². The summed E-state index contributed by atoms with van der Waals surface area (Å²) < 4.78 is 0. The summed E-state index contributed by atoms with van der Waals surface area (Å²) in [6.07, 6.45) is 3.39. The van der Waals surface area contributed by atoms with Crippen molar-refractivity contribution in [3.8, 4) is 0 Å². The number of hydrogen-bond donors (Lipinski definition) is 2. The van der Waals surface area contributed by atoms with Gasteiger partial charge in [-0.1, -0.05) is 18.6 Å². The molecular weight excluding hydrogens is 315 g/mol. The van der Waals surface area contributed by atoms with Crippen molar-refractivity contribution in [3.05, 3.63) is 11.8 Å². The monoisotopic (exact) mass is 336 g/mol. The van der Waals surface area contributed by atoms with E-state index in [0.29, 0.717) is 24.0 Å². The number of Topliss-reactive ketones (excluding diaryl/α,β-unsaturated/α-hetero) is 1. The standard InChI is InChI=1S/C14H21BN4O3S/c1-14(2,7-20)19-9(12(22)18-15-3)5-10(21)8-6-16-13(23-4)17-11(8)19/h6,9,15,20H,5,7H2,1-4H3,(H,18,22). The number of amides is 1. The first kappa shape index (κ1) is 17.7. The molecule has 2 N–H and O–H groups in total. The van der Waals surface area contributed by atoms with E-state index >= 15 is 0 Å². The topological polar surface area (TPSA) is 95.4 Å². The van der Waals surface area contributed by atoms with Crippen molar-refractivity contribution in [2.24, 2.45) is 0 Å². The number of hydrogen-bond acceptors (Lipinski definition) is 7. The molecule has 0 aliphatic carbocycles. The fourth-order valence-electron chi connectivity index (χ4n) is 2.65. The predicted molar refractivity (Wildman–Crippen MR) is 91.3 cm³/mol. The fourth-order valence-corrected chi connectivity index (χ4v) is 2.98. The van der Waals surface area contributed by atoms with Gasteiger partial charge < -0.3 is 15.2 Å². The number of aromatic nitrogens is 2. The molecule has 1 aliphatic rings. The van der Waals surface area contributed by atoms with Crippen LogP contribution in [0.4, 0.5) is 5.82 Å². The SMILES string of the molecule is CBNC(=O)C1CC(=O)c2cnc(SC)nc2N1C(C)(C)CO. The molecule has 1 atom stereocenters. The zero-order valence-corrected chi connectivity index (χ0v) is 14.6. The van der Waals surface area contributed by atoms with Crippen molar-refractivity contribution in [1.82, 2.24) is 15.2 Å². The summed E-state index contributed by atoms with van der Waals surface area (Å²) in [6, 6.07) is -0.693. The summed E-state index contributed by atoms with van der Waals surface area (Å²) in [5.74, 6) is 0.0159. The van der Waals surface area contributed by atoms with Crippen LogP contribution in [0.5, 0.6) is 0 Å². The van der Waals surface area contributed by atoms with E-state index in [-0.39, 0.29) is 24.7 Å². The van der Waals surface area contributed by atoms with Gasteiger partial charge in [-0.15, -0.1) is 0 Å². The van der Waals surface area contributed by atoms with E-state index in [1.807, 2.05) is 26.9 Å². The van der Waals surface area contributed by atoms with Crippen LogP contribution in [0.3, 0.4) is 0 Å². The van der Waals surface area contributed by atoms with Crippen LogP contribution in [-0.4, -0.2) is 58.6 Å². The van der Waals surface area contributed by atoms with Crippen LogP contribution in [0.15, 0.2) is 11.4 Å². The third-order valence-corrected chi connectivity index (χ3v) is 4.40. The molecule has 7 nitrogen and oxygen atoms in total. The minimum Gasteiger partial charge on any atom is -0.401 e. The lowest BCUT2D eigenvalue weighted by molar-refractivity contribution is -0.121. The first-order valence-electron chi connectivity index (χ1n) is 7.47. The lowest BCUT2D eigenvalue weighted by Crippen LogP contribution is -2.61. The molecule has 2 heterocycles. The molecular formula is C14H21BN4O3S. The van der Waals surface area contributed by atoms with Gasteiger partial charge in [-0.05, 0) is 20.1 Å². The first-order valence-corrected chi connectivity index (χ1v) is 8.70. The van der Waals surface area contributed by atoms with Crippen LogP contribution < -0.4 is 10.1 Å². The number of aliphatic hydroxyl groups excluding tert-OH is 1. The number of thioether (sulfide) groups is 1. The van der Waals surface area contributed by atoms with Gasteiger partial charge in [0.15, 0.2) is 10.9 Å². The van der Waals surface area contributed by atoms with Gasteiger partial charge in [-0.25, -0.2) is 9.97 Å². The Morgan fingerprint density at radius 1 is 1.61 bits per heavy atom. The number of ketones is 1. The molecule has 9 heteroatoms. The Balaban J connectivity index is 2.59. The predicted octanol–water partition coefficient (Wildman–Crippen LogP) is 0.247. The summed E-state index contributed by atoms with van der Waals surface area (Å²) in [7, 11) is 0.476. The number of carbonyl (C=O) groups excluding carboxylic acids is 2. The minimum atomic E-state index is -0.741. The maximum Gasteiger partial charge on any atom is 0.233 e. The zero-order valence-electron chi connectivity index (χ0n) is 13.8. The highest BCUT2D eigenvalue weighted by molar-refractivity contribution is 7.98. The van der Waals surface area contributed by atoms with E-state index in [4.69, 9.17) is 0 Å². The van der Waals surface area contributed by atoms with Gasteiger partial charge in [0, 0.05) is 12.6 Å². The summed E-state index contributed by atoms with van der Waals surface area (Å²) in [4.78, 5) is 35.2. The molecule has 23 heavy (non-hydrogen) atoms. The maximum absolute atomic E-state index is 12.4. The minimum absolute atomic E-state index is 0.0459. The molecule has 0 radical (unpaired) electrons. The van der Waals surface area contributed by atoms with E-state index < -0.39 is 11.6 Å². The largest absolute Gasteiger partial charge is 0.401 e. The van der Waals surface area contributed by atoms with E-state index in [9.17, 15) is 14.7 Å². The van der Waals surface area contributed by atoms with Crippen molar-refractivity contribution < 1.29 is 14.7 Å². The Kier molecular flexibility index (Phi) is 5.31. The van der Waals surface area contributed by atoms with Gasteiger partial charge in [0.25, 0.3) is 0 Å². The molecule has 0 bridgehead atoms. The summed E-state index contributed by atoms with van der Waals surface area (Å²) in [5, 5.41) is 13.1. The number of rotatable bonds is 5. The number of fused-ring (bicyclic) bond motifs is 1. The normalized spacial score (nSPS) is 17.7. The van der Waals surface area contributed by atoms with E-state index in [1.54, 1.807) is 4.90 Å². The first-order chi connectivity index (χ1) is 10.9. The van der Waals surface area contributed by atoms with Crippen LogP contribution in [-0.2, 0) is 4.79 Å². The number of nitrogens with zero attached hydrogens (tertiary/aromatic N) is 3. The second kappa shape index (κ2) is 6.88. The van der Waals surface area contributed by atoms with Gasteiger partial charge in [0.2, 0.25) is 13.3 Å². The second-order valence-corrected chi connectivity index (χ2v) is 6.75. The van der Waals surface area contributed by atoms with Crippen molar-refractivity contribution in [3.63, 3.8) is 0 Å². The molecule has 1 aliphatic heterocycles. The summed E-state index contributed by atoms with van der Waals surface area (Å²) >= 11 is 1.36. The Hall–Kier alpha value is -1.61. The van der Waals surface area contributed by atoms with Gasteiger partial charge in [0.05, 0.1) is 17.7 Å². The molecule has 1 aromatic heterocycles. The molecule has 0 saturated heterocycles. The Morgan fingerprint density at radius 2 is 2.30 bits per heavy atom. The van der Waals surface area contributed by atoms with Crippen molar-refractivity contribution in [2.75, 3.05) is 17.8 Å². The highest BCUT2D eigenvalue weighted by Crippen LogP contribution is 2.35. The van der Waals surface area contributed by atoms with Crippen LogP contribution in [0.1, 0.15) is 30.6 Å². The molecule has 1 aromatic rings. The highest BCUT2D eigenvalue weighted by atomic mass is 32.2. The van der Waals surface area contributed by atoms with Gasteiger partial charge >= 0.3 is 0 Å². The fraction of sp³-hybridized carbons (Fsp3) is 0.571. The molecule has 124 valence electrons. The summed E-state index contributed by atoms with van der Waals surface area (Å²) in [5.41, 5.74) is -0.347. The van der Waals surface area contributed by atoms with Crippen molar-refractivity contribution >= 4 is 36.7 Å². The van der Waals surface area contributed by atoms with E-state index in [0.717, 1.165) is 0 Å². The molecule has 1 amide bonds. The number of anilines is 1. The second-order valence-electron chi connectivity index (χ2n) is 5.97.